The van der Waals surface area contributed by atoms with Crippen LogP contribution >= 0.6 is 0 Å². The molecule has 0 aliphatic rings. The number of benzene rings is 2. The van der Waals surface area contributed by atoms with Crippen LogP contribution in [-0.2, 0) is 10.0 Å². The minimum Gasteiger partial charge on any atom is -0.399 e. The average molecular weight is 280 g/mol. The van der Waals surface area contributed by atoms with Gasteiger partial charge in [-0.3, -0.25) is 4.72 Å². The van der Waals surface area contributed by atoms with Gasteiger partial charge in [0.1, 0.15) is 5.82 Å². The predicted octanol–water partition coefficient (Wildman–Crippen LogP) is 2.52. The normalized spacial score (nSPS) is 11.3. The van der Waals surface area contributed by atoms with Gasteiger partial charge < -0.3 is 5.73 Å². The number of nitrogen functional groups attached to an aromatic ring is 1. The number of aryl methyl sites for hydroxylation is 1. The zero-order chi connectivity index (χ0) is 14.0. The summed E-state index contributed by atoms with van der Waals surface area (Å²) in [5.74, 6) is -0.504. The smallest absolute Gasteiger partial charge is 0.261 e. The lowest BCUT2D eigenvalue weighted by molar-refractivity contribution is 0.601. The van der Waals surface area contributed by atoms with E-state index in [0.29, 0.717) is 11.3 Å². The molecule has 2 rings (SSSR count). The predicted molar refractivity (Wildman–Crippen MR) is 72.8 cm³/mol. The molecule has 0 radical (unpaired) electrons. The van der Waals surface area contributed by atoms with Crippen molar-refractivity contribution in [3.63, 3.8) is 0 Å². The fraction of sp³-hybridized carbons (Fsp3) is 0.0769. The number of halogens is 1. The number of hydrogen-bond donors (Lipinski definition) is 2. The first kappa shape index (κ1) is 13.4. The molecule has 0 aromatic heterocycles. The Morgan fingerprint density at radius 3 is 2.58 bits per heavy atom. The fourth-order valence-electron chi connectivity index (χ4n) is 1.59. The van der Waals surface area contributed by atoms with Crippen molar-refractivity contribution in [3.8, 4) is 0 Å². The maximum atomic E-state index is 13.1. The van der Waals surface area contributed by atoms with Crippen molar-refractivity contribution in [1.29, 1.82) is 0 Å². The van der Waals surface area contributed by atoms with Crippen LogP contribution < -0.4 is 10.5 Å². The fourth-order valence-corrected chi connectivity index (χ4v) is 2.77. The minimum absolute atomic E-state index is 0.0381. The van der Waals surface area contributed by atoms with E-state index in [4.69, 9.17) is 5.73 Å². The number of nitrogens with two attached hydrogens (primary N) is 1. The standard InChI is InChI=1S/C13H13FN2O2S/c1-9-5-6-10(14)7-13(9)16-19(17,18)12-4-2-3-11(15)8-12/h2-8,16H,15H2,1H3. The zero-order valence-corrected chi connectivity index (χ0v) is 11.0. The third-order valence-corrected chi connectivity index (χ3v) is 3.98. The molecule has 0 saturated heterocycles. The molecule has 0 amide bonds. The molecule has 0 unspecified atom stereocenters. The first-order valence-electron chi connectivity index (χ1n) is 5.53. The molecule has 6 heteroatoms. The summed E-state index contributed by atoms with van der Waals surface area (Å²) in [5, 5.41) is 0. The van der Waals surface area contributed by atoms with Crippen molar-refractivity contribution in [3.05, 3.63) is 53.8 Å². The Morgan fingerprint density at radius 2 is 1.89 bits per heavy atom. The van der Waals surface area contributed by atoms with Gasteiger partial charge in [0.15, 0.2) is 0 Å². The minimum atomic E-state index is -3.77. The van der Waals surface area contributed by atoms with Gasteiger partial charge in [0.05, 0.1) is 10.6 Å². The first-order valence-corrected chi connectivity index (χ1v) is 7.01. The molecule has 2 aromatic rings. The summed E-state index contributed by atoms with van der Waals surface area (Å²) in [6.07, 6.45) is 0. The topological polar surface area (TPSA) is 72.2 Å². The Balaban J connectivity index is 2.39. The molecule has 19 heavy (non-hydrogen) atoms. The second kappa shape index (κ2) is 4.89. The monoisotopic (exact) mass is 280 g/mol. The molecule has 2 aromatic carbocycles. The van der Waals surface area contributed by atoms with Crippen molar-refractivity contribution in [2.24, 2.45) is 0 Å². The van der Waals surface area contributed by atoms with Gasteiger partial charge in [0.25, 0.3) is 10.0 Å². The van der Waals surface area contributed by atoms with Crippen molar-refractivity contribution in [2.75, 3.05) is 10.5 Å². The highest BCUT2D eigenvalue weighted by Crippen LogP contribution is 2.21. The van der Waals surface area contributed by atoms with Crippen LogP contribution in [0.4, 0.5) is 15.8 Å². The van der Waals surface area contributed by atoms with E-state index in [-0.39, 0.29) is 10.6 Å². The van der Waals surface area contributed by atoms with Crippen LogP contribution in [-0.4, -0.2) is 8.42 Å². The van der Waals surface area contributed by atoms with Crippen LogP contribution in [0.15, 0.2) is 47.4 Å². The number of hydrogen-bond acceptors (Lipinski definition) is 3. The molecule has 0 spiro atoms. The van der Waals surface area contributed by atoms with E-state index >= 15 is 0 Å². The molecule has 0 atom stereocenters. The van der Waals surface area contributed by atoms with E-state index < -0.39 is 15.8 Å². The van der Waals surface area contributed by atoms with Gasteiger partial charge in [-0.15, -0.1) is 0 Å². The maximum absolute atomic E-state index is 13.1. The third kappa shape index (κ3) is 3.03. The molecule has 0 fully saturated rings. The van der Waals surface area contributed by atoms with Crippen molar-refractivity contribution in [1.82, 2.24) is 0 Å². The lowest BCUT2D eigenvalue weighted by atomic mass is 10.2. The van der Waals surface area contributed by atoms with E-state index in [9.17, 15) is 12.8 Å². The summed E-state index contributed by atoms with van der Waals surface area (Å²) in [4.78, 5) is 0.0381. The Hall–Kier alpha value is -2.08. The van der Waals surface area contributed by atoms with Crippen LogP contribution in [0.1, 0.15) is 5.56 Å². The third-order valence-electron chi connectivity index (χ3n) is 2.61. The highest BCUT2D eigenvalue weighted by molar-refractivity contribution is 7.92. The quantitative estimate of drug-likeness (QED) is 0.848. The molecule has 100 valence electrons. The van der Waals surface area contributed by atoms with Gasteiger partial charge in [-0.1, -0.05) is 12.1 Å². The summed E-state index contributed by atoms with van der Waals surface area (Å²) in [6.45, 7) is 1.69. The zero-order valence-electron chi connectivity index (χ0n) is 10.2. The number of rotatable bonds is 3. The van der Waals surface area contributed by atoms with Crippen molar-refractivity contribution in [2.45, 2.75) is 11.8 Å². The van der Waals surface area contributed by atoms with E-state index in [1.54, 1.807) is 19.1 Å². The molecule has 0 bridgehead atoms. The summed E-state index contributed by atoms with van der Waals surface area (Å²) in [6, 6.07) is 9.82. The van der Waals surface area contributed by atoms with Crippen LogP contribution in [0.5, 0.6) is 0 Å². The second-order valence-corrected chi connectivity index (χ2v) is 5.82. The number of nitrogens with one attached hydrogen (secondary N) is 1. The molecule has 0 aliphatic carbocycles. The van der Waals surface area contributed by atoms with Gasteiger partial charge in [-0.2, -0.15) is 0 Å². The van der Waals surface area contributed by atoms with Crippen molar-refractivity contribution >= 4 is 21.4 Å². The molecule has 0 aliphatic heterocycles. The molecule has 4 nitrogen and oxygen atoms in total. The number of anilines is 2. The van der Waals surface area contributed by atoms with Gasteiger partial charge in [-0.05, 0) is 42.8 Å². The lowest BCUT2D eigenvalue weighted by Gasteiger charge is -2.11. The van der Waals surface area contributed by atoms with E-state index in [1.165, 1.54) is 24.3 Å². The highest BCUT2D eigenvalue weighted by atomic mass is 32.2. The first-order chi connectivity index (χ1) is 8.88. The van der Waals surface area contributed by atoms with Gasteiger partial charge in [-0.25, -0.2) is 12.8 Å². The second-order valence-electron chi connectivity index (χ2n) is 4.14. The summed E-state index contributed by atoms with van der Waals surface area (Å²) in [5.41, 5.74) is 6.74. The Kier molecular flexibility index (Phi) is 3.44. The van der Waals surface area contributed by atoms with Crippen LogP contribution in [0.25, 0.3) is 0 Å². The van der Waals surface area contributed by atoms with Gasteiger partial charge in [0, 0.05) is 5.69 Å². The van der Waals surface area contributed by atoms with Crippen LogP contribution in [0, 0.1) is 12.7 Å². The lowest BCUT2D eigenvalue weighted by Crippen LogP contribution is -2.14. The van der Waals surface area contributed by atoms with Crippen LogP contribution in [0.3, 0.4) is 0 Å². The van der Waals surface area contributed by atoms with E-state index in [1.807, 2.05) is 0 Å². The molecular weight excluding hydrogens is 267 g/mol. The van der Waals surface area contributed by atoms with Gasteiger partial charge in [0.2, 0.25) is 0 Å². The molecular formula is C13H13FN2O2S. The van der Waals surface area contributed by atoms with Crippen LogP contribution in [0.2, 0.25) is 0 Å². The highest BCUT2D eigenvalue weighted by Gasteiger charge is 2.15. The maximum Gasteiger partial charge on any atom is 0.261 e. The summed E-state index contributed by atoms with van der Waals surface area (Å²) >= 11 is 0. The number of sulfonamides is 1. The van der Waals surface area contributed by atoms with E-state index in [2.05, 4.69) is 4.72 Å². The molecule has 0 heterocycles. The summed E-state index contributed by atoms with van der Waals surface area (Å²) in [7, 11) is -3.77. The van der Waals surface area contributed by atoms with Gasteiger partial charge >= 0.3 is 0 Å². The summed E-state index contributed by atoms with van der Waals surface area (Å²) < 4.78 is 39.7. The largest absolute Gasteiger partial charge is 0.399 e. The van der Waals surface area contributed by atoms with E-state index in [0.717, 1.165) is 6.07 Å². The van der Waals surface area contributed by atoms with Crippen molar-refractivity contribution < 1.29 is 12.8 Å². The Morgan fingerprint density at radius 1 is 1.16 bits per heavy atom. The Bertz CT molecular complexity index is 714. The molecule has 3 N–H and O–H groups in total. The Labute approximate surface area is 111 Å². The average Bonchev–Trinajstić information content (AvgIpc) is 2.33. The SMILES string of the molecule is Cc1ccc(F)cc1NS(=O)(=O)c1cccc(N)c1. The molecule has 0 saturated carbocycles.